The molecule has 5 heteroatoms. The Labute approximate surface area is 173 Å². The number of nitriles is 2. The molecule has 0 heterocycles. The van der Waals surface area contributed by atoms with Crippen LogP contribution in [-0.2, 0) is 6.61 Å². The summed E-state index contributed by atoms with van der Waals surface area (Å²) < 4.78 is 5.76. The Bertz CT molecular complexity index is 1110. The zero-order valence-electron chi connectivity index (χ0n) is 14.7. The van der Waals surface area contributed by atoms with Crippen LogP contribution in [0.2, 0.25) is 10.0 Å². The molecule has 0 N–H and O–H groups in total. The largest absolute Gasteiger partial charge is 0.489 e. The van der Waals surface area contributed by atoms with E-state index in [0.717, 1.165) is 11.1 Å². The number of hydrogen-bond donors (Lipinski definition) is 0. The number of rotatable bonds is 5. The van der Waals surface area contributed by atoms with Gasteiger partial charge in [0, 0.05) is 15.6 Å². The molecule has 3 nitrogen and oxygen atoms in total. The van der Waals surface area contributed by atoms with Gasteiger partial charge in [-0.1, -0.05) is 53.5 Å². The Kier molecular flexibility index (Phi) is 6.35. The van der Waals surface area contributed by atoms with Crippen LogP contribution in [0.1, 0.15) is 22.3 Å². The van der Waals surface area contributed by atoms with E-state index in [9.17, 15) is 5.26 Å². The van der Waals surface area contributed by atoms with E-state index in [0.29, 0.717) is 39.1 Å². The summed E-state index contributed by atoms with van der Waals surface area (Å²) in [5, 5.41) is 19.6. The lowest BCUT2D eigenvalue weighted by Crippen LogP contribution is -1.96. The molecule has 3 aromatic rings. The highest BCUT2D eigenvalue weighted by Gasteiger charge is 2.05. The summed E-state index contributed by atoms with van der Waals surface area (Å²) in [4.78, 5) is 0. The average molecular weight is 405 g/mol. The molecule has 0 atom stereocenters. The van der Waals surface area contributed by atoms with Crippen molar-refractivity contribution in [1.29, 1.82) is 10.5 Å². The minimum atomic E-state index is 0.329. The predicted octanol–water partition coefficient (Wildman–Crippen LogP) is 6.51. The Hall–Kier alpha value is -3.24. The van der Waals surface area contributed by atoms with Gasteiger partial charge in [-0.3, -0.25) is 0 Å². The maximum atomic E-state index is 9.47. The molecule has 0 aliphatic carbocycles. The molecular weight excluding hydrogens is 391 g/mol. The molecule has 0 aliphatic rings. The molecule has 3 rings (SSSR count). The van der Waals surface area contributed by atoms with Gasteiger partial charge in [0.1, 0.15) is 12.4 Å². The van der Waals surface area contributed by atoms with Crippen molar-refractivity contribution in [2.24, 2.45) is 0 Å². The third-order valence-electron chi connectivity index (χ3n) is 4.02. The van der Waals surface area contributed by atoms with Crippen LogP contribution in [0.4, 0.5) is 0 Å². The minimum absolute atomic E-state index is 0.329. The molecule has 28 heavy (non-hydrogen) atoms. The second kappa shape index (κ2) is 9.11. The average Bonchev–Trinajstić information content (AvgIpc) is 2.72. The van der Waals surface area contributed by atoms with E-state index < -0.39 is 0 Å². The van der Waals surface area contributed by atoms with Gasteiger partial charge in [-0.2, -0.15) is 10.5 Å². The number of hydrogen-bond acceptors (Lipinski definition) is 3. The molecular formula is C23H14Cl2N2O. The van der Waals surface area contributed by atoms with E-state index in [1.165, 1.54) is 0 Å². The van der Waals surface area contributed by atoms with Gasteiger partial charge in [-0.15, -0.1) is 0 Å². The summed E-state index contributed by atoms with van der Waals surface area (Å²) in [7, 11) is 0. The molecule has 3 aromatic carbocycles. The molecule has 0 saturated carbocycles. The predicted molar refractivity (Wildman–Crippen MR) is 112 cm³/mol. The van der Waals surface area contributed by atoms with Crippen LogP contribution >= 0.6 is 23.2 Å². The summed E-state index contributed by atoms with van der Waals surface area (Å²) >= 11 is 12.0. The van der Waals surface area contributed by atoms with Crippen LogP contribution in [0.15, 0.2) is 66.7 Å². The monoisotopic (exact) mass is 404 g/mol. The van der Waals surface area contributed by atoms with Crippen molar-refractivity contribution in [3.63, 3.8) is 0 Å². The first kappa shape index (κ1) is 19.5. The molecule has 0 spiro atoms. The van der Waals surface area contributed by atoms with E-state index in [4.69, 9.17) is 33.2 Å². The fourth-order valence-electron chi connectivity index (χ4n) is 2.56. The van der Waals surface area contributed by atoms with Crippen molar-refractivity contribution < 1.29 is 4.74 Å². The van der Waals surface area contributed by atoms with E-state index >= 15 is 0 Å². The van der Waals surface area contributed by atoms with Gasteiger partial charge in [-0.05, 0) is 53.6 Å². The minimum Gasteiger partial charge on any atom is -0.489 e. The van der Waals surface area contributed by atoms with E-state index in [1.54, 1.807) is 36.4 Å². The SMILES string of the molecule is N#C/C(=C/c1ccc(OCc2ccc(Cl)cc2Cl)cc1)c1cccc(C#N)c1. The van der Waals surface area contributed by atoms with Crippen LogP contribution in [0.3, 0.4) is 0 Å². The maximum absolute atomic E-state index is 9.47. The highest BCUT2D eigenvalue weighted by molar-refractivity contribution is 6.35. The first-order valence-electron chi connectivity index (χ1n) is 8.38. The second-order valence-electron chi connectivity index (χ2n) is 5.96. The third-order valence-corrected chi connectivity index (χ3v) is 4.61. The van der Waals surface area contributed by atoms with Crippen molar-refractivity contribution in [3.05, 3.63) is 99.0 Å². The van der Waals surface area contributed by atoms with Crippen molar-refractivity contribution in [3.8, 4) is 17.9 Å². The topological polar surface area (TPSA) is 56.8 Å². The summed E-state index contributed by atoms with van der Waals surface area (Å²) in [6.07, 6.45) is 1.77. The highest BCUT2D eigenvalue weighted by atomic mass is 35.5. The van der Waals surface area contributed by atoms with Crippen LogP contribution in [-0.4, -0.2) is 0 Å². The molecule has 0 unspecified atom stereocenters. The molecule has 0 fully saturated rings. The Morgan fingerprint density at radius 2 is 1.75 bits per heavy atom. The van der Waals surface area contributed by atoms with E-state index in [1.807, 2.05) is 36.4 Å². The van der Waals surface area contributed by atoms with E-state index in [2.05, 4.69) is 12.1 Å². The molecule has 136 valence electrons. The summed E-state index contributed by atoms with van der Waals surface area (Å²) in [5.74, 6) is 0.688. The van der Waals surface area contributed by atoms with Crippen molar-refractivity contribution >= 4 is 34.9 Å². The summed E-state index contributed by atoms with van der Waals surface area (Å²) in [6, 6.07) is 23.9. The maximum Gasteiger partial charge on any atom is 0.119 e. The van der Waals surface area contributed by atoms with E-state index in [-0.39, 0.29) is 0 Å². The molecule has 0 saturated heterocycles. The second-order valence-corrected chi connectivity index (χ2v) is 6.80. The zero-order chi connectivity index (χ0) is 19.9. The molecule has 0 bridgehead atoms. The lowest BCUT2D eigenvalue weighted by molar-refractivity contribution is 0.306. The normalized spacial score (nSPS) is 10.8. The van der Waals surface area contributed by atoms with Crippen LogP contribution in [0.25, 0.3) is 11.6 Å². The summed E-state index contributed by atoms with van der Waals surface area (Å²) in [6.45, 7) is 0.329. The first-order chi connectivity index (χ1) is 13.6. The molecule has 0 amide bonds. The van der Waals surface area contributed by atoms with Crippen LogP contribution in [0, 0.1) is 22.7 Å². The van der Waals surface area contributed by atoms with Gasteiger partial charge in [0.25, 0.3) is 0 Å². The van der Waals surface area contributed by atoms with Crippen LogP contribution in [0.5, 0.6) is 5.75 Å². The lowest BCUT2D eigenvalue weighted by atomic mass is 10.0. The van der Waals surface area contributed by atoms with Gasteiger partial charge in [0.2, 0.25) is 0 Å². The Morgan fingerprint density at radius 3 is 2.43 bits per heavy atom. The van der Waals surface area contributed by atoms with Gasteiger partial charge in [0.15, 0.2) is 0 Å². The van der Waals surface area contributed by atoms with Gasteiger partial charge in [0.05, 0.1) is 23.3 Å². The number of ether oxygens (including phenoxy) is 1. The lowest BCUT2D eigenvalue weighted by Gasteiger charge is -2.08. The molecule has 0 radical (unpaired) electrons. The van der Waals surface area contributed by atoms with Crippen molar-refractivity contribution in [1.82, 2.24) is 0 Å². The van der Waals surface area contributed by atoms with Crippen molar-refractivity contribution in [2.45, 2.75) is 6.61 Å². The number of halogens is 2. The van der Waals surface area contributed by atoms with Gasteiger partial charge >= 0.3 is 0 Å². The summed E-state index contributed by atoms with van der Waals surface area (Å²) in [5.41, 5.74) is 3.41. The number of benzene rings is 3. The Morgan fingerprint density at radius 1 is 0.964 bits per heavy atom. The fraction of sp³-hybridized carbons (Fsp3) is 0.0435. The smallest absolute Gasteiger partial charge is 0.119 e. The standard InChI is InChI=1S/C23H14Cl2N2O/c24-21-7-6-19(23(25)12-21)15-28-22-8-4-16(5-9-22)10-20(14-27)18-3-1-2-17(11-18)13-26/h1-12H,15H2/b20-10-. The fourth-order valence-corrected chi connectivity index (χ4v) is 3.03. The quantitative estimate of drug-likeness (QED) is 0.359. The zero-order valence-corrected chi connectivity index (χ0v) is 16.2. The Balaban J connectivity index is 1.73. The third kappa shape index (κ3) is 4.93. The van der Waals surface area contributed by atoms with Crippen LogP contribution < -0.4 is 4.74 Å². The molecule has 0 aliphatic heterocycles. The van der Waals surface area contributed by atoms with Crippen molar-refractivity contribution in [2.75, 3.05) is 0 Å². The van der Waals surface area contributed by atoms with Gasteiger partial charge < -0.3 is 4.74 Å². The molecule has 0 aromatic heterocycles. The number of nitrogens with zero attached hydrogens (tertiary/aromatic N) is 2. The first-order valence-corrected chi connectivity index (χ1v) is 9.14. The highest BCUT2D eigenvalue weighted by Crippen LogP contribution is 2.24. The van der Waals surface area contributed by atoms with Gasteiger partial charge in [-0.25, -0.2) is 0 Å². The number of allylic oxidation sites excluding steroid dienone is 1.